The molecule has 0 rings (SSSR count). The standard InChI is InChI=1S/C15H26O4/c1-4-5-6-7-11-18-14(16)8-9-15(17)19-12-10-13(2)3/h2,4-12H2,1,3H3. The quantitative estimate of drug-likeness (QED) is 0.328. The fraction of sp³-hybridized carbons (Fsp3) is 0.733. The van der Waals surface area contributed by atoms with Crippen LogP contribution >= 0.6 is 0 Å². The molecule has 110 valence electrons. The molecule has 0 aliphatic carbocycles. The highest BCUT2D eigenvalue weighted by atomic mass is 16.5. The summed E-state index contributed by atoms with van der Waals surface area (Å²) in [7, 11) is 0. The van der Waals surface area contributed by atoms with Crippen molar-refractivity contribution < 1.29 is 19.1 Å². The van der Waals surface area contributed by atoms with Crippen LogP contribution in [0.3, 0.4) is 0 Å². The average Bonchev–Trinajstić information content (AvgIpc) is 2.35. The normalized spacial score (nSPS) is 10.0. The summed E-state index contributed by atoms with van der Waals surface area (Å²) in [6.45, 7) is 8.51. The van der Waals surface area contributed by atoms with Gasteiger partial charge in [-0.2, -0.15) is 0 Å². The molecule has 0 aliphatic rings. The second-order valence-electron chi connectivity index (χ2n) is 4.71. The number of esters is 2. The van der Waals surface area contributed by atoms with Crippen molar-refractivity contribution >= 4 is 11.9 Å². The maximum atomic E-state index is 11.3. The first-order valence-electron chi connectivity index (χ1n) is 7.02. The smallest absolute Gasteiger partial charge is 0.306 e. The molecular weight excluding hydrogens is 244 g/mol. The monoisotopic (exact) mass is 270 g/mol. The Morgan fingerprint density at radius 3 is 2.00 bits per heavy atom. The van der Waals surface area contributed by atoms with Crippen molar-refractivity contribution in [2.75, 3.05) is 13.2 Å². The summed E-state index contributed by atoms with van der Waals surface area (Å²) in [5, 5.41) is 0. The van der Waals surface area contributed by atoms with Crippen molar-refractivity contribution in [2.45, 2.75) is 58.8 Å². The van der Waals surface area contributed by atoms with Gasteiger partial charge in [-0.15, -0.1) is 6.58 Å². The van der Waals surface area contributed by atoms with Crippen molar-refractivity contribution in [3.05, 3.63) is 12.2 Å². The van der Waals surface area contributed by atoms with E-state index < -0.39 is 0 Å². The van der Waals surface area contributed by atoms with Gasteiger partial charge in [-0.05, 0) is 13.3 Å². The molecule has 0 saturated carbocycles. The van der Waals surface area contributed by atoms with Gasteiger partial charge in [0, 0.05) is 6.42 Å². The number of ether oxygens (including phenoxy) is 2. The van der Waals surface area contributed by atoms with Gasteiger partial charge in [0.15, 0.2) is 0 Å². The predicted octanol–water partition coefficient (Wildman–Crippen LogP) is 3.40. The third-order valence-corrected chi connectivity index (χ3v) is 2.59. The second kappa shape index (κ2) is 11.8. The van der Waals surface area contributed by atoms with E-state index in [0.29, 0.717) is 19.6 Å². The first-order chi connectivity index (χ1) is 9.06. The zero-order valence-electron chi connectivity index (χ0n) is 12.2. The number of hydrogen-bond acceptors (Lipinski definition) is 4. The largest absolute Gasteiger partial charge is 0.466 e. The summed E-state index contributed by atoms with van der Waals surface area (Å²) in [5.41, 5.74) is 0.972. The molecule has 0 aromatic rings. The molecule has 0 unspecified atom stereocenters. The van der Waals surface area contributed by atoms with Crippen LogP contribution < -0.4 is 0 Å². The van der Waals surface area contributed by atoms with E-state index >= 15 is 0 Å². The van der Waals surface area contributed by atoms with Crippen LogP contribution in [-0.2, 0) is 19.1 Å². The number of carbonyl (C=O) groups excluding carboxylic acids is 2. The van der Waals surface area contributed by atoms with Gasteiger partial charge in [-0.1, -0.05) is 31.8 Å². The Balaban J connectivity index is 3.45. The number of carbonyl (C=O) groups is 2. The lowest BCUT2D eigenvalue weighted by atomic mass is 10.2. The van der Waals surface area contributed by atoms with E-state index in [4.69, 9.17) is 9.47 Å². The fourth-order valence-corrected chi connectivity index (χ4v) is 1.40. The SMILES string of the molecule is C=C(C)CCOC(=O)CCC(=O)OCCCCCC. The first-order valence-corrected chi connectivity index (χ1v) is 7.02. The van der Waals surface area contributed by atoms with Gasteiger partial charge in [-0.3, -0.25) is 9.59 Å². The van der Waals surface area contributed by atoms with Crippen LogP contribution in [0.15, 0.2) is 12.2 Å². The molecule has 0 aromatic heterocycles. The lowest BCUT2D eigenvalue weighted by Gasteiger charge is -2.05. The van der Waals surface area contributed by atoms with Crippen LogP contribution in [0.4, 0.5) is 0 Å². The third-order valence-electron chi connectivity index (χ3n) is 2.59. The van der Waals surface area contributed by atoms with Crippen LogP contribution in [-0.4, -0.2) is 25.2 Å². The van der Waals surface area contributed by atoms with E-state index in [1.54, 1.807) is 0 Å². The van der Waals surface area contributed by atoms with E-state index in [9.17, 15) is 9.59 Å². The highest BCUT2D eigenvalue weighted by Crippen LogP contribution is 2.02. The van der Waals surface area contributed by atoms with Gasteiger partial charge in [0.1, 0.15) is 0 Å². The number of rotatable bonds is 11. The number of unbranched alkanes of at least 4 members (excludes halogenated alkanes) is 3. The first kappa shape index (κ1) is 17.7. The van der Waals surface area contributed by atoms with Gasteiger partial charge >= 0.3 is 11.9 Å². The summed E-state index contributed by atoms with van der Waals surface area (Å²) in [6, 6.07) is 0. The zero-order chi connectivity index (χ0) is 14.5. The van der Waals surface area contributed by atoms with Crippen LogP contribution in [0.25, 0.3) is 0 Å². The van der Waals surface area contributed by atoms with E-state index in [2.05, 4.69) is 13.5 Å². The Labute approximate surface area is 116 Å². The van der Waals surface area contributed by atoms with Crippen molar-refractivity contribution in [2.24, 2.45) is 0 Å². The molecule has 0 aromatic carbocycles. The molecular formula is C15H26O4. The molecule has 0 aliphatic heterocycles. The molecule has 0 fully saturated rings. The Kier molecular flexibility index (Phi) is 10.9. The fourth-order valence-electron chi connectivity index (χ4n) is 1.40. The maximum absolute atomic E-state index is 11.3. The molecule has 0 N–H and O–H groups in total. The van der Waals surface area contributed by atoms with Crippen LogP contribution in [0.1, 0.15) is 58.8 Å². The third kappa shape index (κ3) is 12.9. The van der Waals surface area contributed by atoms with Crippen molar-refractivity contribution in [1.29, 1.82) is 0 Å². The van der Waals surface area contributed by atoms with Crippen LogP contribution in [0, 0.1) is 0 Å². The topological polar surface area (TPSA) is 52.6 Å². The molecule has 0 bridgehead atoms. The summed E-state index contributed by atoms with van der Waals surface area (Å²) >= 11 is 0. The minimum absolute atomic E-state index is 0.0873. The molecule has 0 spiro atoms. The molecule has 4 heteroatoms. The van der Waals surface area contributed by atoms with E-state index in [1.165, 1.54) is 0 Å². The molecule has 19 heavy (non-hydrogen) atoms. The molecule has 0 radical (unpaired) electrons. The zero-order valence-corrected chi connectivity index (χ0v) is 12.2. The minimum Gasteiger partial charge on any atom is -0.466 e. The highest BCUT2D eigenvalue weighted by molar-refractivity contribution is 5.77. The van der Waals surface area contributed by atoms with Gasteiger partial charge < -0.3 is 9.47 Å². The van der Waals surface area contributed by atoms with E-state index in [1.807, 2.05) is 6.92 Å². The maximum Gasteiger partial charge on any atom is 0.306 e. The summed E-state index contributed by atoms with van der Waals surface area (Å²) in [5.74, 6) is -0.683. The molecule has 4 nitrogen and oxygen atoms in total. The molecule has 0 atom stereocenters. The average molecular weight is 270 g/mol. The van der Waals surface area contributed by atoms with Gasteiger partial charge in [0.05, 0.1) is 26.1 Å². The Morgan fingerprint density at radius 1 is 0.895 bits per heavy atom. The summed E-state index contributed by atoms with van der Waals surface area (Å²) in [4.78, 5) is 22.6. The lowest BCUT2D eigenvalue weighted by Crippen LogP contribution is -2.11. The Bertz CT molecular complexity index is 284. The van der Waals surface area contributed by atoms with Gasteiger partial charge in [0.2, 0.25) is 0 Å². The minimum atomic E-state index is -0.357. The second-order valence-corrected chi connectivity index (χ2v) is 4.71. The summed E-state index contributed by atoms with van der Waals surface area (Å²) in [6.07, 6.45) is 5.13. The highest BCUT2D eigenvalue weighted by Gasteiger charge is 2.08. The van der Waals surface area contributed by atoms with Crippen LogP contribution in [0.5, 0.6) is 0 Å². The summed E-state index contributed by atoms with van der Waals surface area (Å²) < 4.78 is 9.97. The van der Waals surface area contributed by atoms with Crippen molar-refractivity contribution in [1.82, 2.24) is 0 Å². The molecule has 0 amide bonds. The van der Waals surface area contributed by atoms with E-state index in [0.717, 1.165) is 31.3 Å². The van der Waals surface area contributed by atoms with E-state index in [-0.39, 0.29) is 24.8 Å². The molecule has 0 heterocycles. The lowest BCUT2D eigenvalue weighted by molar-refractivity contribution is -0.150. The van der Waals surface area contributed by atoms with Gasteiger partial charge in [0.25, 0.3) is 0 Å². The Hall–Kier alpha value is -1.32. The van der Waals surface area contributed by atoms with Gasteiger partial charge in [-0.25, -0.2) is 0 Å². The predicted molar refractivity (Wildman–Crippen MR) is 74.7 cm³/mol. The molecule has 0 saturated heterocycles. The van der Waals surface area contributed by atoms with Crippen molar-refractivity contribution in [3.8, 4) is 0 Å². The Morgan fingerprint density at radius 2 is 1.47 bits per heavy atom. The number of hydrogen-bond donors (Lipinski definition) is 0. The van der Waals surface area contributed by atoms with Crippen molar-refractivity contribution in [3.63, 3.8) is 0 Å². The van der Waals surface area contributed by atoms with Crippen LogP contribution in [0.2, 0.25) is 0 Å².